The lowest BCUT2D eigenvalue weighted by Gasteiger charge is -2.31. The minimum absolute atomic E-state index is 0.000354. The second kappa shape index (κ2) is 9.05. The van der Waals surface area contributed by atoms with Gasteiger partial charge in [0, 0.05) is 54.7 Å². The van der Waals surface area contributed by atoms with E-state index in [1.54, 1.807) is 6.20 Å². The van der Waals surface area contributed by atoms with Crippen molar-refractivity contribution in [2.45, 2.75) is 56.7 Å². The van der Waals surface area contributed by atoms with Crippen molar-refractivity contribution in [3.8, 4) is 11.3 Å². The maximum Gasteiger partial charge on any atom is 0.154 e. The topological polar surface area (TPSA) is 97.5 Å². The summed E-state index contributed by atoms with van der Waals surface area (Å²) in [5.41, 5.74) is 8.02. The van der Waals surface area contributed by atoms with Gasteiger partial charge >= 0.3 is 0 Å². The van der Waals surface area contributed by atoms with Gasteiger partial charge in [0.1, 0.15) is 28.8 Å². The first-order chi connectivity index (χ1) is 16.0. The largest absolute Gasteiger partial charge is 0.404 e. The number of anilines is 2. The highest BCUT2D eigenvalue weighted by Crippen LogP contribution is 2.39. The first-order valence-electron chi connectivity index (χ1n) is 11.5. The van der Waals surface area contributed by atoms with Crippen LogP contribution in [0.2, 0.25) is 0 Å². The summed E-state index contributed by atoms with van der Waals surface area (Å²) in [4.78, 5) is 14.1. The van der Waals surface area contributed by atoms with E-state index >= 15 is 0 Å². The van der Waals surface area contributed by atoms with Crippen molar-refractivity contribution in [3.05, 3.63) is 47.4 Å². The molecule has 1 saturated carbocycles. The summed E-state index contributed by atoms with van der Waals surface area (Å²) in [7, 11) is 0. The van der Waals surface area contributed by atoms with Gasteiger partial charge in [-0.2, -0.15) is 0 Å². The maximum atomic E-state index is 14.7. The molecule has 9 heteroatoms. The van der Waals surface area contributed by atoms with E-state index in [-0.39, 0.29) is 23.6 Å². The normalized spacial score (nSPS) is 25.4. The zero-order valence-corrected chi connectivity index (χ0v) is 18.5. The van der Waals surface area contributed by atoms with Crippen molar-refractivity contribution in [1.29, 1.82) is 0 Å². The standard InChI is InChI=1S/C24H28F2N6O/c1-13-11-29-22-21(18-5-2-16(25)9-19(18)26)31-23(32-24(22)30-13)14-6-7-33-20(8-14)15(10-27)12-28-17-3-4-17/h2,5,9-10,12-14,17,20,29H,3-4,6-8,11,27H2,1H3,(H,30,31,32)/b15-10+,28-12?/t13?,14?,20-/m1/s1. The molecule has 0 spiro atoms. The van der Waals surface area contributed by atoms with Crippen LogP contribution < -0.4 is 16.4 Å². The molecule has 1 aromatic carbocycles. The number of halogens is 2. The summed E-state index contributed by atoms with van der Waals surface area (Å²) in [5, 5.41) is 6.68. The number of hydrogen-bond donors (Lipinski definition) is 3. The van der Waals surface area contributed by atoms with E-state index in [0.29, 0.717) is 48.6 Å². The highest BCUT2D eigenvalue weighted by Gasteiger charge is 2.31. The molecule has 2 aliphatic heterocycles. The Hall–Kier alpha value is -3.07. The highest BCUT2D eigenvalue weighted by atomic mass is 19.1. The van der Waals surface area contributed by atoms with Crippen LogP contribution >= 0.6 is 0 Å². The predicted octanol–water partition coefficient (Wildman–Crippen LogP) is 3.99. The van der Waals surface area contributed by atoms with Gasteiger partial charge in [-0.15, -0.1) is 0 Å². The number of fused-ring (bicyclic) bond motifs is 1. The molecular formula is C24H28F2N6O. The average molecular weight is 455 g/mol. The Labute approximate surface area is 191 Å². The lowest BCUT2D eigenvalue weighted by atomic mass is 9.91. The van der Waals surface area contributed by atoms with Crippen LogP contribution in [0.1, 0.15) is 44.3 Å². The van der Waals surface area contributed by atoms with Crippen molar-refractivity contribution in [3.63, 3.8) is 0 Å². The fourth-order valence-electron chi connectivity index (χ4n) is 4.26. The van der Waals surface area contributed by atoms with E-state index < -0.39 is 11.6 Å². The molecule has 1 aromatic heterocycles. The molecule has 0 amide bonds. The molecule has 5 rings (SSSR count). The van der Waals surface area contributed by atoms with Crippen molar-refractivity contribution in [2.75, 3.05) is 23.8 Å². The summed E-state index contributed by atoms with van der Waals surface area (Å²) >= 11 is 0. The predicted molar refractivity (Wildman–Crippen MR) is 124 cm³/mol. The fourth-order valence-corrected chi connectivity index (χ4v) is 4.26. The molecule has 2 aromatic rings. The number of nitrogens with zero attached hydrogens (tertiary/aromatic N) is 3. The van der Waals surface area contributed by atoms with Gasteiger partial charge in [-0.25, -0.2) is 18.7 Å². The number of aromatic nitrogens is 2. The van der Waals surface area contributed by atoms with Gasteiger partial charge in [0.15, 0.2) is 5.82 Å². The molecule has 7 nitrogen and oxygen atoms in total. The molecule has 1 aliphatic carbocycles. The Bertz CT molecular complexity index is 1100. The fraction of sp³-hybridized carbons (Fsp3) is 0.458. The first-order valence-corrected chi connectivity index (χ1v) is 11.5. The van der Waals surface area contributed by atoms with Gasteiger partial charge in [-0.05, 0) is 44.7 Å². The number of ether oxygens (including phenoxy) is 1. The molecule has 4 N–H and O–H groups in total. The molecule has 3 atom stereocenters. The number of aliphatic imine (C=N–C) groups is 1. The van der Waals surface area contributed by atoms with Crippen LogP contribution in [0.15, 0.2) is 35.0 Å². The van der Waals surface area contributed by atoms with Crippen LogP contribution in [0.5, 0.6) is 0 Å². The van der Waals surface area contributed by atoms with Crippen molar-refractivity contribution in [2.24, 2.45) is 10.7 Å². The van der Waals surface area contributed by atoms with Crippen LogP contribution in [0.3, 0.4) is 0 Å². The van der Waals surface area contributed by atoms with Gasteiger partial charge in [0.05, 0.1) is 12.1 Å². The molecule has 1 saturated heterocycles. The van der Waals surface area contributed by atoms with E-state index in [1.807, 2.05) is 13.1 Å². The van der Waals surface area contributed by atoms with Crippen LogP contribution in [0, 0.1) is 11.6 Å². The van der Waals surface area contributed by atoms with Crippen LogP contribution in [-0.4, -0.2) is 47.5 Å². The van der Waals surface area contributed by atoms with Crippen molar-refractivity contribution in [1.82, 2.24) is 9.97 Å². The third-order valence-electron chi connectivity index (χ3n) is 6.28. The van der Waals surface area contributed by atoms with Gasteiger partial charge in [-0.1, -0.05) is 0 Å². The molecule has 3 aliphatic rings. The third-order valence-corrected chi connectivity index (χ3v) is 6.28. The van der Waals surface area contributed by atoms with E-state index in [1.165, 1.54) is 12.1 Å². The third kappa shape index (κ3) is 4.68. The summed E-state index contributed by atoms with van der Waals surface area (Å²) in [6, 6.07) is 4.10. The summed E-state index contributed by atoms with van der Waals surface area (Å²) in [6.07, 6.45) is 6.80. The Morgan fingerprint density at radius 1 is 1.24 bits per heavy atom. The molecule has 2 fully saturated rings. The molecule has 0 radical (unpaired) electrons. The van der Waals surface area contributed by atoms with E-state index in [9.17, 15) is 8.78 Å². The monoisotopic (exact) mass is 454 g/mol. The summed E-state index contributed by atoms with van der Waals surface area (Å²) < 4.78 is 34.3. The van der Waals surface area contributed by atoms with Crippen LogP contribution in [0.4, 0.5) is 20.3 Å². The second-order valence-corrected chi connectivity index (χ2v) is 8.96. The maximum absolute atomic E-state index is 14.7. The quantitative estimate of drug-likeness (QED) is 0.591. The average Bonchev–Trinajstić information content (AvgIpc) is 3.63. The smallest absolute Gasteiger partial charge is 0.154 e. The number of hydrogen-bond acceptors (Lipinski definition) is 7. The molecule has 2 unspecified atom stereocenters. The number of nitrogens with one attached hydrogen (secondary N) is 2. The van der Waals surface area contributed by atoms with Crippen molar-refractivity contribution < 1.29 is 13.5 Å². The summed E-state index contributed by atoms with van der Waals surface area (Å²) in [5.74, 6) is -0.0400. The van der Waals surface area contributed by atoms with E-state index in [0.717, 1.165) is 30.9 Å². The first kappa shape index (κ1) is 21.8. The highest BCUT2D eigenvalue weighted by molar-refractivity contribution is 5.84. The summed E-state index contributed by atoms with van der Waals surface area (Å²) in [6.45, 7) is 3.22. The Balaban J connectivity index is 1.49. The van der Waals surface area contributed by atoms with Gasteiger partial charge in [0.2, 0.25) is 0 Å². The van der Waals surface area contributed by atoms with Gasteiger partial charge < -0.3 is 21.1 Å². The molecule has 3 heterocycles. The number of benzene rings is 1. The molecule has 174 valence electrons. The zero-order chi connectivity index (χ0) is 22.9. The molecule has 33 heavy (non-hydrogen) atoms. The SMILES string of the molecule is CC1CNc2c(nc(C3CCO[C@@H](/C(C=NC4CC4)=C/N)C3)nc2-c2ccc(F)cc2F)N1. The van der Waals surface area contributed by atoms with Crippen molar-refractivity contribution >= 4 is 17.7 Å². The lowest BCUT2D eigenvalue weighted by Crippen LogP contribution is -2.33. The zero-order valence-electron chi connectivity index (χ0n) is 18.5. The minimum atomic E-state index is -0.656. The van der Waals surface area contributed by atoms with Gasteiger partial charge in [0.25, 0.3) is 0 Å². The van der Waals surface area contributed by atoms with Gasteiger partial charge in [-0.3, -0.25) is 4.99 Å². The van der Waals surface area contributed by atoms with Crippen LogP contribution in [-0.2, 0) is 4.74 Å². The number of rotatable bonds is 5. The van der Waals surface area contributed by atoms with Crippen LogP contribution in [0.25, 0.3) is 11.3 Å². The second-order valence-electron chi connectivity index (χ2n) is 8.96. The Morgan fingerprint density at radius 2 is 2.09 bits per heavy atom. The Morgan fingerprint density at radius 3 is 2.85 bits per heavy atom. The molecular weight excluding hydrogens is 426 g/mol. The molecule has 0 bridgehead atoms. The van der Waals surface area contributed by atoms with E-state index in [2.05, 4.69) is 15.6 Å². The minimum Gasteiger partial charge on any atom is -0.404 e. The lowest BCUT2D eigenvalue weighted by molar-refractivity contribution is 0.0313. The number of nitrogens with two attached hydrogens (primary N) is 1. The van der Waals surface area contributed by atoms with E-state index in [4.69, 9.17) is 20.4 Å². The Kier molecular flexibility index (Phi) is 5.97.